The Bertz CT molecular complexity index is 202. The summed E-state index contributed by atoms with van der Waals surface area (Å²) in [4.78, 5) is 13.4. The number of rotatable bonds is 1. The number of nitrogens with zero attached hydrogens (tertiary/aromatic N) is 1. The minimum Gasteiger partial charge on any atom is -0.337 e. The molecule has 0 N–H and O–H groups in total. The fraction of sp³-hybridized carbons (Fsp3) is 0.700. The van der Waals surface area contributed by atoms with Crippen molar-refractivity contribution < 1.29 is 4.79 Å². The first-order valence-corrected chi connectivity index (χ1v) is 4.38. The lowest BCUT2D eigenvalue weighted by molar-refractivity contribution is -0.131. The van der Waals surface area contributed by atoms with Gasteiger partial charge in [-0.3, -0.25) is 4.79 Å². The molecule has 1 fully saturated rings. The molecule has 1 heterocycles. The Labute approximate surface area is 74.2 Å². The maximum Gasteiger partial charge on any atom is 0.223 e. The van der Waals surface area contributed by atoms with Crippen LogP contribution in [0.4, 0.5) is 0 Å². The van der Waals surface area contributed by atoms with Gasteiger partial charge < -0.3 is 4.90 Å². The molecule has 1 rings (SSSR count). The summed E-state index contributed by atoms with van der Waals surface area (Å²) >= 11 is 0. The molecule has 0 aromatic heterocycles. The lowest BCUT2D eigenvalue weighted by atomic mass is 10.1. The molecular formula is C10H17NO. The van der Waals surface area contributed by atoms with E-state index in [0.717, 1.165) is 6.54 Å². The van der Waals surface area contributed by atoms with Gasteiger partial charge in [0.25, 0.3) is 0 Å². The molecular weight excluding hydrogens is 150 g/mol. The first-order chi connectivity index (χ1) is 5.45. The molecule has 1 amide bonds. The molecule has 0 aliphatic carbocycles. The van der Waals surface area contributed by atoms with E-state index in [1.54, 1.807) is 0 Å². The van der Waals surface area contributed by atoms with Gasteiger partial charge in [-0.15, -0.1) is 6.58 Å². The summed E-state index contributed by atoms with van der Waals surface area (Å²) in [5, 5.41) is 0. The largest absolute Gasteiger partial charge is 0.337 e. The Hall–Kier alpha value is -0.790. The molecule has 2 nitrogen and oxygen atoms in total. The molecule has 0 saturated carbocycles. The monoisotopic (exact) mass is 167 g/mol. The third-order valence-corrected chi connectivity index (χ3v) is 2.30. The van der Waals surface area contributed by atoms with Crippen molar-refractivity contribution in [3.63, 3.8) is 0 Å². The second kappa shape index (κ2) is 2.92. The highest BCUT2D eigenvalue weighted by atomic mass is 16.2. The molecule has 1 aliphatic rings. The van der Waals surface area contributed by atoms with Gasteiger partial charge in [-0.05, 0) is 20.8 Å². The van der Waals surface area contributed by atoms with Crippen molar-refractivity contribution in [2.24, 2.45) is 5.92 Å². The van der Waals surface area contributed by atoms with E-state index in [4.69, 9.17) is 0 Å². The summed E-state index contributed by atoms with van der Waals surface area (Å²) in [6.45, 7) is 10.8. The fourth-order valence-electron chi connectivity index (χ4n) is 1.54. The smallest absolute Gasteiger partial charge is 0.223 e. The van der Waals surface area contributed by atoms with Crippen LogP contribution in [0.5, 0.6) is 0 Å². The summed E-state index contributed by atoms with van der Waals surface area (Å²) in [6, 6.07) is 0. The average molecular weight is 167 g/mol. The minimum absolute atomic E-state index is 0.0329. The number of carbonyl (C=O) groups excluding carboxylic acids is 1. The van der Waals surface area contributed by atoms with Gasteiger partial charge in [-0.2, -0.15) is 0 Å². The van der Waals surface area contributed by atoms with Crippen molar-refractivity contribution in [1.29, 1.82) is 0 Å². The molecule has 1 aliphatic heterocycles. The van der Waals surface area contributed by atoms with Crippen LogP contribution in [-0.2, 0) is 4.79 Å². The van der Waals surface area contributed by atoms with Crippen LogP contribution in [0.3, 0.4) is 0 Å². The van der Waals surface area contributed by atoms with E-state index in [1.807, 2.05) is 11.0 Å². The number of amides is 1. The number of likely N-dealkylation sites (tertiary alicyclic amines) is 1. The summed E-state index contributed by atoms with van der Waals surface area (Å²) in [7, 11) is 0. The fourth-order valence-corrected chi connectivity index (χ4v) is 1.54. The lowest BCUT2D eigenvalue weighted by Gasteiger charge is -2.31. The van der Waals surface area contributed by atoms with Gasteiger partial charge in [0, 0.05) is 24.4 Å². The molecule has 0 aromatic carbocycles. The standard InChI is InChI=1S/C10H17NO/c1-5-8-6-9(12)11(7-8)10(2,3)4/h5,8H,1,6-7H2,2-4H3. The summed E-state index contributed by atoms with van der Waals surface area (Å²) in [5.74, 6) is 0.615. The normalized spacial score (nSPS) is 24.8. The predicted octanol–water partition coefficient (Wildman–Crippen LogP) is 1.82. The van der Waals surface area contributed by atoms with Crippen molar-refractivity contribution in [3.05, 3.63) is 12.7 Å². The topological polar surface area (TPSA) is 20.3 Å². The predicted molar refractivity (Wildman–Crippen MR) is 49.8 cm³/mol. The quantitative estimate of drug-likeness (QED) is 0.545. The zero-order valence-corrected chi connectivity index (χ0v) is 8.13. The van der Waals surface area contributed by atoms with Crippen molar-refractivity contribution in [3.8, 4) is 0 Å². The Balaban J connectivity index is 2.70. The molecule has 68 valence electrons. The Morgan fingerprint density at radius 3 is 2.42 bits per heavy atom. The molecule has 12 heavy (non-hydrogen) atoms. The molecule has 0 radical (unpaired) electrons. The molecule has 0 aromatic rings. The van der Waals surface area contributed by atoms with Crippen LogP contribution in [0.15, 0.2) is 12.7 Å². The maximum absolute atomic E-state index is 11.5. The SMILES string of the molecule is C=CC1CC(=O)N(C(C)(C)C)C1. The number of hydrogen-bond acceptors (Lipinski definition) is 1. The van der Waals surface area contributed by atoms with E-state index in [0.29, 0.717) is 12.3 Å². The van der Waals surface area contributed by atoms with Crippen LogP contribution in [0.1, 0.15) is 27.2 Å². The third-order valence-electron chi connectivity index (χ3n) is 2.30. The van der Waals surface area contributed by atoms with Gasteiger partial charge in [-0.25, -0.2) is 0 Å². The van der Waals surface area contributed by atoms with Crippen LogP contribution < -0.4 is 0 Å². The van der Waals surface area contributed by atoms with Crippen molar-refractivity contribution in [2.45, 2.75) is 32.7 Å². The van der Waals surface area contributed by atoms with Crippen molar-refractivity contribution >= 4 is 5.91 Å². The average Bonchev–Trinajstić information content (AvgIpc) is 2.29. The summed E-state index contributed by atoms with van der Waals surface area (Å²) in [6.07, 6.45) is 2.52. The summed E-state index contributed by atoms with van der Waals surface area (Å²) in [5.41, 5.74) is -0.0329. The Kier molecular flexibility index (Phi) is 2.27. The Morgan fingerprint density at radius 2 is 2.17 bits per heavy atom. The molecule has 1 saturated heterocycles. The second-order valence-corrected chi connectivity index (χ2v) is 4.38. The van der Waals surface area contributed by atoms with Gasteiger partial charge in [0.05, 0.1) is 0 Å². The maximum atomic E-state index is 11.5. The molecule has 0 spiro atoms. The molecule has 2 heteroatoms. The highest BCUT2D eigenvalue weighted by molar-refractivity contribution is 5.79. The zero-order chi connectivity index (χ0) is 9.35. The highest BCUT2D eigenvalue weighted by Gasteiger charge is 2.34. The number of carbonyl (C=O) groups is 1. The van der Waals surface area contributed by atoms with Crippen LogP contribution in [0.2, 0.25) is 0 Å². The van der Waals surface area contributed by atoms with E-state index in [-0.39, 0.29) is 11.4 Å². The van der Waals surface area contributed by atoms with Gasteiger partial charge in [0.2, 0.25) is 5.91 Å². The van der Waals surface area contributed by atoms with Crippen LogP contribution in [0.25, 0.3) is 0 Å². The van der Waals surface area contributed by atoms with Gasteiger partial charge >= 0.3 is 0 Å². The van der Waals surface area contributed by atoms with Crippen molar-refractivity contribution in [1.82, 2.24) is 4.90 Å². The third kappa shape index (κ3) is 1.68. The van der Waals surface area contributed by atoms with E-state index in [1.165, 1.54) is 0 Å². The van der Waals surface area contributed by atoms with Crippen LogP contribution in [-0.4, -0.2) is 22.9 Å². The van der Waals surface area contributed by atoms with E-state index in [9.17, 15) is 4.79 Å². The van der Waals surface area contributed by atoms with Crippen molar-refractivity contribution in [2.75, 3.05) is 6.54 Å². The van der Waals surface area contributed by atoms with E-state index in [2.05, 4.69) is 27.4 Å². The first-order valence-electron chi connectivity index (χ1n) is 4.38. The number of hydrogen-bond donors (Lipinski definition) is 0. The summed E-state index contributed by atoms with van der Waals surface area (Å²) < 4.78 is 0. The minimum atomic E-state index is -0.0329. The lowest BCUT2D eigenvalue weighted by Crippen LogP contribution is -2.42. The van der Waals surface area contributed by atoms with Gasteiger partial charge in [0.15, 0.2) is 0 Å². The van der Waals surface area contributed by atoms with Gasteiger partial charge in [0.1, 0.15) is 0 Å². The Morgan fingerprint density at radius 1 is 1.58 bits per heavy atom. The first kappa shape index (κ1) is 9.30. The molecule has 1 atom stereocenters. The highest BCUT2D eigenvalue weighted by Crippen LogP contribution is 2.25. The second-order valence-electron chi connectivity index (χ2n) is 4.38. The van der Waals surface area contributed by atoms with Gasteiger partial charge in [-0.1, -0.05) is 6.08 Å². The zero-order valence-electron chi connectivity index (χ0n) is 8.13. The van der Waals surface area contributed by atoms with Crippen LogP contribution in [0, 0.1) is 5.92 Å². The van der Waals surface area contributed by atoms with E-state index < -0.39 is 0 Å². The molecule has 1 unspecified atom stereocenters. The van der Waals surface area contributed by atoms with E-state index >= 15 is 0 Å². The van der Waals surface area contributed by atoms with Crippen LogP contribution >= 0.6 is 0 Å². The molecule has 0 bridgehead atoms.